The Hall–Kier alpha value is -3.37. The Labute approximate surface area is 179 Å². The van der Waals surface area contributed by atoms with Crippen molar-refractivity contribution in [3.05, 3.63) is 72.7 Å². The van der Waals surface area contributed by atoms with Crippen LogP contribution in [0.25, 0.3) is 38.6 Å². The van der Waals surface area contributed by atoms with E-state index in [-0.39, 0.29) is 15.5 Å². The fraction of sp³-hybridized carbons (Fsp3) is 0.0476. The number of fused-ring (bicyclic) bond motifs is 1. The van der Waals surface area contributed by atoms with Gasteiger partial charge in [-0.1, -0.05) is 6.07 Å². The van der Waals surface area contributed by atoms with Crippen molar-refractivity contribution < 1.29 is 17.2 Å². The second-order valence-corrected chi connectivity index (χ2v) is 10.3. The van der Waals surface area contributed by atoms with E-state index in [1.54, 1.807) is 36.7 Å². The number of pyridine rings is 1. The number of halogens is 2. The van der Waals surface area contributed by atoms with Gasteiger partial charge in [0.2, 0.25) is 0 Å². The first-order chi connectivity index (χ1) is 14.8. The molecule has 0 fully saturated rings. The van der Waals surface area contributed by atoms with E-state index < -0.39 is 21.5 Å². The van der Waals surface area contributed by atoms with Crippen LogP contribution in [-0.4, -0.2) is 34.3 Å². The van der Waals surface area contributed by atoms with Gasteiger partial charge in [0.1, 0.15) is 21.5 Å². The minimum absolute atomic E-state index is 0.183. The highest BCUT2D eigenvalue weighted by atomic mass is 32.2. The lowest BCUT2D eigenvalue weighted by molar-refractivity contribution is 0.588. The summed E-state index contributed by atoms with van der Waals surface area (Å²) in [5.74, 6) is -1.39. The Balaban J connectivity index is 1.65. The van der Waals surface area contributed by atoms with E-state index in [4.69, 9.17) is 0 Å². The van der Waals surface area contributed by atoms with Crippen molar-refractivity contribution >= 4 is 26.8 Å². The molecule has 5 rings (SSSR count). The van der Waals surface area contributed by atoms with Crippen LogP contribution in [0.15, 0.2) is 65.3 Å². The average Bonchev–Trinajstić information content (AvgIpc) is 3.45. The van der Waals surface area contributed by atoms with Crippen LogP contribution < -0.4 is 0 Å². The van der Waals surface area contributed by atoms with E-state index in [1.807, 2.05) is 4.40 Å². The summed E-state index contributed by atoms with van der Waals surface area (Å²) in [4.78, 5) is 5.11. The van der Waals surface area contributed by atoms with Gasteiger partial charge >= 0.3 is 0 Å². The van der Waals surface area contributed by atoms with Gasteiger partial charge in [-0.3, -0.25) is 9.50 Å². The predicted octanol–water partition coefficient (Wildman–Crippen LogP) is 4.80. The molecule has 1 aromatic carbocycles. The van der Waals surface area contributed by atoms with E-state index in [2.05, 4.69) is 15.2 Å². The van der Waals surface area contributed by atoms with Gasteiger partial charge in [-0.2, -0.15) is 5.10 Å². The molecule has 0 saturated heterocycles. The molecule has 0 aliphatic heterocycles. The van der Waals surface area contributed by atoms with E-state index in [9.17, 15) is 17.2 Å². The van der Waals surface area contributed by atoms with Gasteiger partial charge in [-0.05, 0) is 36.4 Å². The number of nitrogens with zero attached hydrogens (tertiary/aromatic N) is 3. The quantitative estimate of drug-likeness (QED) is 0.421. The smallest absolute Gasteiger partial charge is 0.184 e. The predicted molar refractivity (Wildman–Crippen MR) is 115 cm³/mol. The summed E-state index contributed by atoms with van der Waals surface area (Å²) in [5.41, 5.74) is 2.59. The molecular weight excluding hydrogens is 442 g/mol. The number of sulfone groups is 1. The molecule has 31 heavy (non-hydrogen) atoms. The second-order valence-electron chi connectivity index (χ2n) is 6.94. The maximum atomic E-state index is 14.3. The Morgan fingerprint density at radius 1 is 1.03 bits per heavy atom. The summed E-state index contributed by atoms with van der Waals surface area (Å²) in [5, 5.41) is 6.68. The van der Waals surface area contributed by atoms with Gasteiger partial charge in [-0.15, -0.1) is 11.3 Å². The Morgan fingerprint density at radius 3 is 2.52 bits per heavy atom. The number of hydrogen-bond donors (Lipinski definition) is 1. The van der Waals surface area contributed by atoms with Gasteiger partial charge in [0.15, 0.2) is 9.84 Å². The zero-order chi connectivity index (χ0) is 21.8. The van der Waals surface area contributed by atoms with Crippen LogP contribution in [0.5, 0.6) is 0 Å². The minimum atomic E-state index is -3.31. The summed E-state index contributed by atoms with van der Waals surface area (Å²) in [6, 6.07) is 10.5. The van der Waals surface area contributed by atoms with Crippen LogP contribution in [0.4, 0.5) is 8.78 Å². The SMILES string of the molecule is CS(=O)(=O)c1ccc(-c2cnc3ccc(-c4cn[nH]c4-c4c(F)cccc4F)cn23)s1. The fourth-order valence-corrected chi connectivity index (χ4v) is 5.35. The first kappa shape index (κ1) is 19.6. The third kappa shape index (κ3) is 3.33. The number of aromatic nitrogens is 4. The summed E-state index contributed by atoms with van der Waals surface area (Å²) in [7, 11) is -3.31. The number of nitrogens with one attached hydrogen (secondary N) is 1. The van der Waals surface area contributed by atoms with Crippen molar-refractivity contribution in [3.63, 3.8) is 0 Å². The van der Waals surface area contributed by atoms with Crippen molar-refractivity contribution in [2.24, 2.45) is 0 Å². The number of rotatable bonds is 4. The Kier molecular flexibility index (Phi) is 4.49. The number of aromatic amines is 1. The summed E-state index contributed by atoms with van der Waals surface area (Å²) in [6.07, 6.45) is 6.11. The molecule has 0 saturated carbocycles. The fourth-order valence-electron chi connectivity index (χ4n) is 3.41. The highest BCUT2D eigenvalue weighted by Crippen LogP contribution is 2.35. The highest BCUT2D eigenvalue weighted by molar-refractivity contribution is 7.92. The van der Waals surface area contributed by atoms with Gasteiger partial charge in [0.25, 0.3) is 0 Å². The zero-order valence-electron chi connectivity index (χ0n) is 16.0. The van der Waals surface area contributed by atoms with Crippen LogP contribution >= 0.6 is 11.3 Å². The van der Waals surface area contributed by atoms with Gasteiger partial charge < -0.3 is 0 Å². The molecule has 0 aliphatic rings. The van der Waals surface area contributed by atoms with E-state index in [1.165, 1.54) is 24.4 Å². The third-order valence-electron chi connectivity index (χ3n) is 4.87. The molecule has 0 radical (unpaired) electrons. The molecule has 0 spiro atoms. The maximum absolute atomic E-state index is 14.3. The molecule has 1 N–H and O–H groups in total. The molecule has 0 unspecified atom stereocenters. The van der Waals surface area contributed by atoms with Crippen LogP contribution in [0.1, 0.15) is 0 Å². The number of hydrogen-bond acceptors (Lipinski definition) is 5. The van der Waals surface area contributed by atoms with Gasteiger partial charge in [0.05, 0.1) is 34.2 Å². The van der Waals surface area contributed by atoms with Crippen LogP contribution in [-0.2, 0) is 9.84 Å². The van der Waals surface area contributed by atoms with Gasteiger partial charge in [-0.25, -0.2) is 22.2 Å². The first-order valence-corrected chi connectivity index (χ1v) is 11.8. The topological polar surface area (TPSA) is 80.1 Å². The molecule has 0 aliphatic carbocycles. The number of H-pyrrole nitrogens is 1. The number of thiophene rings is 1. The summed E-state index contributed by atoms with van der Waals surface area (Å²) in [6.45, 7) is 0. The summed E-state index contributed by atoms with van der Waals surface area (Å²) < 4.78 is 54.4. The van der Waals surface area contributed by atoms with Crippen molar-refractivity contribution in [2.75, 3.05) is 6.26 Å². The molecule has 0 atom stereocenters. The largest absolute Gasteiger partial charge is 0.298 e. The molecule has 10 heteroatoms. The maximum Gasteiger partial charge on any atom is 0.184 e. The van der Waals surface area contributed by atoms with Crippen molar-refractivity contribution in [2.45, 2.75) is 4.21 Å². The highest BCUT2D eigenvalue weighted by Gasteiger charge is 2.19. The minimum Gasteiger partial charge on any atom is -0.298 e. The lowest BCUT2D eigenvalue weighted by atomic mass is 10.0. The summed E-state index contributed by atoms with van der Waals surface area (Å²) >= 11 is 1.15. The molecule has 0 bridgehead atoms. The van der Waals surface area contributed by atoms with E-state index >= 15 is 0 Å². The van der Waals surface area contributed by atoms with Crippen molar-refractivity contribution in [1.82, 2.24) is 19.6 Å². The first-order valence-electron chi connectivity index (χ1n) is 9.08. The van der Waals surface area contributed by atoms with Crippen LogP contribution in [0, 0.1) is 11.6 Å². The van der Waals surface area contributed by atoms with Crippen LogP contribution in [0.2, 0.25) is 0 Å². The third-order valence-corrected chi connectivity index (χ3v) is 7.80. The van der Waals surface area contributed by atoms with Gasteiger partial charge in [0, 0.05) is 23.6 Å². The lowest BCUT2D eigenvalue weighted by Gasteiger charge is -2.08. The van der Waals surface area contributed by atoms with Crippen molar-refractivity contribution in [3.8, 4) is 33.0 Å². The molecule has 6 nitrogen and oxygen atoms in total. The lowest BCUT2D eigenvalue weighted by Crippen LogP contribution is -1.93. The zero-order valence-corrected chi connectivity index (χ0v) is 17.6. The second kappa shape index (κ2) is 7.10. The molecule has 0 amide bonds. The molecular formula is C21H14F2N4O2S2. The molecule has 4 aromatic heterocycles. The molecule has 5 aromatic rings. The number of benzene rings is 1. The van der Waals surface area contributed by atoms with Crippen molar-refractivity contribution in [1.29, 1.82) is 0 Å². The number of imidazole rings is 1. The van der Waals surface area contributed by atoms with E-state index in [0.29, 0.717) is 22.5 Å². The molecule has 156 valence electrons. The molecule has 4 heterocycles. The average molecular weight is 456 g/mol. The normalized spacial score (nSPS) is 12.0. The Morgan fingerprint density at radius 2 is 1.81 bits per heavy atom. The van der Waals surface area contributed by atoms with E-state index in [0.717, 1.165) is 22.5 Å². The Bertz CT molecular complexity index is 1530. The van der Waals surface area contributed by atoms with Crippen LogP contribution in [0.3, 0.4) is 0 Å². The monoisotopic (exact) mass is 456 g/mol. The standard InChI is InChI=1S/C21H14F2N4O2S2/c1-31(28,29)19-8-6-17(30-19)16-10-24-18-7-5-12(11-27(16)18)13-9-25-26-21(13)20-14(22)3-2-4-15(20)23/h2-11H,1H3,(H,25,26).